The van der Waals surface area contributed by atoms with Crippen LogP contribution in [0.4, 0.5) is 5.69 Å². The first-order chi connectivity index (χ1) is 11.6. The monoisotopic (exact) mass is 325 g/mol. The third-order valence-corrected chi connectivity index (χ3v) is 4.31. The van der Waals surface area contributed by atoms with Crippen molar-refractivity contribution in [3.8, 4) is 0 Å². The molecular formula is C19H23N3O2. The third-order valence-electron chi connectivity index (χ3n) is 4.31. The zero-order chi connectivity index (χ0) is 16.9. The number of likely N-dealkylation sites (tertiary alicyclic amines) is 1. The van der Waals surface area contributed by atoms with E-state index in [0.717, 1.165) is 42.4 Å². The van der Waals surface area contributed by atoms with Crippen LogP contribution in [0.3, 0.4) is 0 Å². The highest BCUT2D eigenvalue weighted by molar-refractivity contribution is 5.95. The van der Waals surface area contributed by atoms with E-state index < -0.39 is 0 Å². The predicted molar refractivity (Wildman–Crippen MR) is 95.9 cm³/mol. The summed E-state index contributed by atoms with van der Waals surface area (Å²) in [6.45, 7) is 2.17. The molecule has 5 nitrogen and oxygen atoms in total. The maximum Gasteiger partial charge on any atom is 0.238 e. The second kappa shape index (κ2) is 7.45. The summed E-state index contributed by atoms with van der Waals surface area (Å²) in [6, 6.07) is 13.9. The summed E-state index contributed by atoms with van der Waals surface area (Å²) in [4.78, 5) is 27.9. The number of carbonyl (C=O) groups excluding carboxylic acids is 2. The summed E-state index contributed by atoms with van der Waals surface area (Å²) >= 11 is 0. The number of carbonyl (C=O) groups is 2. The lowest BCUT2D eigenvalue weighted by atomic mass is 10.1. The van der Waals surface area contributed by atoms with E-state index in [9.17, 15) is 9.59 Å². The maximum atomic E-state index is 12.2. The number of hydrogen-bond acceptors (Lipinski definition) is 3. The molecule has 0 aliphatic carbocycles. The minimum atomic E-state index is -0.109. The highest BCUT2D eigenvalue weighted by atomic mass is 16.2. The Morgan fingerprint density at radius 2 is 1.75 bits per heavy atom. The van der Waals surface area contributed by atoms with Crippen LogP contribution >= 0.6 is 0 Å². The molecule has 2 aromatic carbocycles. The van der Waals surface area contributed by atoms with Crippen molar-refractivity contribution in [3.05, 3.63) is 42.5 Å². The van der Waals surface area contributed by atoms with Crippen molar-refractivity contribution in [2.24, 2.45) is 0 Å². The van der Waals surface area contributed by atoms with Crippen LogP contribution in [0.15, 0.2) is 42.5 Å². The van der Waals surface area contributed by atoms with Crippen LogP contribution < -0.4 is 5.32 Å². The van der Waals surface area contributed by atoms with Gasteiger partial charge >= 0.3 is 0 Å². The van der Waals surface area contributed by atoms with Crippen molar-refractivity contribution < 1.29 is 9.59 Å². The number of benzene rings is 2. The van der Waals surface area contributed by atoms with Gasteiger partial charge in [0.05, 0.1) is 13.1 Å². The van der Waals surface area contributed by atoms with Crippen molar-refractivity contribution >= 4 is 28.3 Å². The van der Waals surface area contributed by atoms with E-state index >= 15 is 0 Å². The molecule has 1 aliphatic heterocycles. The minimum Gasteiger partial charge on any atom is -0.342 e. The van der Waals surface area contributed by atoms with Crippen molar-refractivity contribution in [3.63, 3.8) is 0 Å². The Labute approximate surface area is 142 Å². The largest absolute Gasteiger partial charge is 0.342 e. The molecule has 1 saturated heterocycles. The fraction of sp³-hybridized carbons (Fsp3) is 0.368. The first kappa shape index (κ1) is 16.5. The number of likely N-dealkylation sites (N-methyl/N-ethyl adjacent to an activating group) is 1. The molecule has 0 saturated carbocycles. The first-order valence-corrected chi connectivity index (χ1v) is 8.37. The SMILES string of the molecule is CN(CC(=O)Nc1ccc2ccccc2c1)CC(=O)N1CCCC1. The molecule has 3 rings (SSSR count). The highest BCUT2D eigenvalue weighted by Crippen LogP contribution is 2.18. The van der Waals surface area contributed by atoms with E-state index in [2.05, 4.69) is 5.32 Å². The lowest BCUT2D eigenvalue weighted by Crippen LogP contribution is -2.40. The zero-order valence-corrected chi connectivity index (χ0v) is 14.0. The maximum absolute atomic E-state index is 12.2. The van der Waals surface area contributed by atoms with Gasteiger partial charge in [-0.2, -0.15) is 0 Å². The molecule has 5 heteroatoms. The van der Waals surface area contributed by atoms with Crippen molar-refractivity contribution in [2.75, 3.05) is 38.5 Å². The van der Waals surface area contributed by atoms with Gasteiger partial charge in [-0.1, -0.05) is 30.3 Å². The van der Waals surface area contributed by atoms with E-state index in [0.29, 0.717) is 0 Å². The number of fused-ring (bicyclic) bond motifs is 1. The molecule has 24 heavy (non-hydrogen) atoms. The van der Waals surface area contributed by atoms with Gasteiger partial charge in [-0.3, -0.25) is 14.5 Å². The Bertz CT molecular complexity index is 738. The van der Waals surface area contributed by atoms with Gasteiger partial charge in [0.2, 0.25) is 11.8 Å². The Morgan fingerprint density at radius 3 is 2.50 bits per heavy atom. The summed E-state index contributed by atoms with van der Waals surface area (Å²) in [6.07, 6.45) is 2.16. The molecule has 0 spiro atoms. The average molecular weight is 325 g/mol. The topological polar surface area (TPSA) is 52.7 Å². The van der Waals surface area contributed by atoms with Crippen LogP contribution in [0.1, 0.15) is 12.8 Å². The van der Waals surface area contributed by atoms with Crippen molar-refractivity contribution in [2.45, 2.75) is 12.8 Å². The summed E-state index contributed by atoms with van der Waals surface area (Å²) in [7, 11) is 1.80. The molecule has 2 amide bonds. The molecule has 0 unspecified atom stereocenters. The highest BCUT2D eigenvalue weighted by Gasteiger charge is 2.19. The van der Waals surface area contributed by atoms with Gasteiger partial charge in [0, 0.05) is 18.8 Å². The molecule has 2 aromatic rings. The lowest BCUT2D eigenvalue weighted by molar-refractivity contribution is -0.131. The number of rotatable bonds is 5. The predicted octanol–water partition coefficient (Wildman–Crippen LogP) is 2.33. The number of hydrogen-bond donors (Lipinski definition) is 1. The van der Waals surface area contributed by atoms with Crippen molar-refractivity contribution in [1.29, 1.82) is 0 Å². The second-order valence-corrected chi connectivity index (χ2v) is 6.37. The fourth-order valence-corrected chi connectivity index (χ4v) is 3.07. The van der Waals surface area contributed by atoms with E-state index in [1.54, 1.807) is 11.9 Å². The summed E-state index contributed by atoms with van der Waals surface area (Å²) < 4.78 is 0. The van der Waals surface area contributed by atoms with Crippen LogP contribution in [-0.4, -0.2) is 54.8 Å². The molecule has 1 fully saturated rings. The fourth-order valence-electron chi connectivity index (χ4n) is 3.07. The molecule has 1 heterocycles. The molecule has 0 atom stereocenters. The van der Waals surface area contributed by atoms with Gasteiger partial charge in [-0.25, -0.2) is 0 Å². The van der Waals surface area contributed by atoms with E-state index in [4.69, 9.17) is 0 Å². The standard InChI is InChI=1S/C19H23N3O2/c1-21(14-19(24)22-10-4-5-11-22)13-18(23)20-17-9-8-15-6-2-3-7-16(15)12-17/h2-3,6-9,12H,4-5,10-11,13-14H2,1H3,(H,20,23). The number of anilines is 1. The van der Waals surface area contributed by atoms with Crippen LogP contribution in [-0.2, 0) is 9.59 Å². The molecule has 0 aromatic heterocycles. The van der Waals surface area contributed by atoms with Crippen LogP contribution in [0.2, 0.25) is 0 Å². The Hall–Kier alpha value is -2.40. The average Bonchev–Trinajstić information content (AvgIpc) is 3.09. The lowest BCUT2D eigenvalue weighted by Gasteiger charge is -2.20. The second-order valence-electron chi connectivity index (χ2n) is 6.37. The molecular weight excluding hydrogens is 302 g/mol. The van der Waals surface area contributed by atoms with Gasteiger partial charge < -0.3 is 10.2 Å². The number of nitrogens with one attached hydrogen (secondary N) is 1. The Balaban J connectivity index is 1.53. The molecule has 1 N–H and O–H groups in total. The Kier molecular flexibility index (Phi) is 5.11. The van der Waals surface area contributed by atoms with Gasteiger partial charge in [0.25, 0.3) is 0 Å². The summed E-state index contributed by atoms with van der Waals surface area (Å²) in [5, 5.41) is 5.14. The molecule has 1 aliphatic rings. The van der Waals surface area contributed by atoms with Gasteiger partial charge in [0.15, 0.2) is 0 Å². The Morgan fingerprint density at radius 1 is 1.04 bits per heavy atom. The zero-order valence-electron chi connectivity index (χ0n) is 14.0. The van der Waals surface area contributed by atoms with Crippen LogP contribution in [0.5, 0.6) is 0 Å². The molecule has 0 bridgehead atoms. The number of amides is 2. The van der Waals surface area contributed by atoms with E-state index in [-0.39, 0.29) is 24.9 Å². The first-order valence-electron chi connectivity index (χ1n) is 8.37. The smallest absolute Gasteiger partial charge is 0.238 e. The number of nitrogens with zero attached hydrogens (tertiary/aromatic N) is 2. The van der Waals surface area contributed by atoms with Crippen LogP contribution in [0, 0.1) is 0 Å². The van der Waals surface area contributed by atoms with Gasteiger partial charge in [0.1, 0.15) is 0 Å². The normalized spacial score (nSPS) is 14.3. The van der Waals surface area contributed by atoms with Crippen LogP contribution in [0.25, 0.3) is 10.8 Å². The molecule has 126 valence electrons. The quantitative estimate of drug-likeness (QED) is 0.918. The molecule has 0 radical (unpaired) electrons. The summed E-state index contributed by atoms with van der Waals surface area (Å²) in [5.41, 5.74) is 0.776. The van der Waals surface area contributed by atoms with E-state index in [1.165, 1.54) is 0 Å². The van der Waals surface area contributed by atoms with Gasteiger partial charge in [-0.15, -0.1) is 0 Å². The summed E-state index contributed by atoms with van der Waals surface area (Å²) in [5.74, 6) is -0.00416. The van der Waals surface area contributed by atoms with E-state index in [1.807, 2.05) is 47.4 Å². The minimum absolute atomic E-state index is 0.105. The van der Waals surface area contributed by atoms with Crippen molar-refractivity contribution in [1.82, 2.24) is 9.80 Å². The third kappa shape index (κ3) is 4.11. The van der Waals surface area contributed by atoms with Gasteiger partial charge in [-0.05, 0) is 42.8 Å².